The quantitative estimate of drug-likeness (QED) is 0.178. The Labute approximate surface area is 252 Å². The van der Waals surface area contributed by atoms with Gasteiger partial charge < -0.3 is 4.42 Å². The molecular weight excluding hydrogens is 700 g/mol. The molecule has 0 aliphatic carbocycles. The molecule has 0 aliphatic rings. The van der Waals surface area contributed by atoms with E-state index in [1.54, 1.807) is 11.3 Å². The van der Waals surface area contributed by atoms with Gasteiger partial charge in [-0.25, -0.2) is 4.98 Å². The van der Waals surface area contributed by atoms with E-state index in [9.17, 15) is 0 Å². The largest absolute Gasteiger partial charge is 2.00 e. The Bertz CT molecular complexity index is 1690. The van der Waals surface area contributed by atoms with Gasteiger partial charge in [0.2, 0.25) is 0 Å². The van der Waals surface area contributed by atoms with Crippen molar-refractivity contribution in [3.05, 3.63) is 83.2 Å². The molecular formula is C31H32N6OPtS. The van der Waals surface area contributed by atoms with Gasteiger partial charge in [-0.2, -0.15) is 45.8 Å². The molecule has 9 heteroatoms. The Kier molecular flexibility index (Phi) is 6.95. The van der Waals surface area contributed by atoms with Gasteiger partial charge in [-0.1, -0.05) is 41.5 Å². The molecule has 2 aromatic carbocycles. The van der Waals surface area contributed by atoms with Crippen molar-refractivity contribution in [2.75, 3.05) is 0 Å². The molecule has 0 aliphatic heterocycles. The topological polar surface area (TPSA) is 74.6 Å². The van der Waals surface area contributed by atoms with Crippen molar-refractivity contribution in [1.82, 2.24) is 29.5 Å². The van der Waals surface area contributed by atoms with Crippen LogP contribution in [0.15, 0.2) is 53.2 Å². The van der Waals surface area contributed by atoms with Crippen LogP contribution in [0.2, 0.25) is 0 Å². The number of nitrogens with zero attached hydrogens (tertiary/aromatic N) is 6. The zero-order valence-corrected chi connectivity index (χ0v) is 27.0. The van der Waals surface area contributed by atoms with Gasteiger partial charge in [0.25, 0.3) is 0 Å². The van der Waals surface area contributed by atoms with Gasteiger partial charge in [-0.3, -0.25) is 14.3 Å². The molecule has 0 bridgehead atoms. The van der Waals surface area contributed by atoms with E-state index in [0.717, 1.165) is 43.5 Å². The second-order valence-corrected chi connectivity index (χ2v) is 13.5. The molecule has 208 valence electrons. The molecule has 0 N–H and O–H groups in total. The summed E-state index contributed by atoms with van der Waals surface area (Å²) in [5.74, 6) is 0.694. The number of hydrogen-bond acceptors (Lipinski definition) is 6. The number of hydrogen-bond donors (Lipinski definition) is 0. The second kappa shape index (κ2) is 9.77. The molecule has 0 unspecified atom stereocenters. The molecule has 0 amide bonds. The first-order valence-corrected chi connectivity index (χ1v) is 13.9. The van der Waals surface area contributed by atoms with E-state index in [1.807, 2.05) is 52.1 Å². The minimum Gasteiger partial charge on any atom is -0.501 e. The number of fused-ring (bicyclic) bond motifs is 2. The van der Waals surface area contributed by atoms with Crippen molar-refractivity contribution in [3.8, 4) is 11.4 Å². The smallest absolute Gasteiger partial charge is 0.501 e. The van der Waals surface area contributed by atoms with Crippen LogP contribution >= 0.6 is 11.3 Å². The molecule has 4 heterocycles. The fourth-order valence-electron chi connectivity index (χ4n) is 4.44. The SMILES string of the molecule is CC(C)(C)c1nc2cc[c-]c(-n3ccc(C(C)(C)c4ccn(-c5[c-]ccc6nc(C(C)(C)C)sc56)n4)n3)c2o1.[Pt+2]. The molecule has 0 spiro atoms. The molecule has 0 saturated carbocycles. The van der Waals surface area contributed by atoms with Gasteiger partial charge in [0, 0.05) is 28.7 Å². The third-order valence-electron chi connectivity index (χ3n) is 6.86. The van der Waals surface area contributed by atoms with Crippen LogP contribution in [0.3, 0.4) is 0 Å². The summed E-state index contributed by atoms with van der Waals surface area (Å²) in [5, 5.41) is 11.0. The minimum absolute atomic E-state index is 0. The van der Waals surface area contributed by atoms with Crippen LogP contribution in [0.5, 0.6) is 0 Å². The summed E-state index contributed by atoms with van der Waals surface area (Å²) in [6.07, 6.45) is 3.94. The summed E-state index contributed by atoms with van der Waals surface area (Å²) in [6.45, 7) is 17.1. The summed E-state index contributed by atoms with van der Waals surface area (Å²) >= 11 is 1.71. The van der Waals surface area contributed by atoms with Crippen LogP contribution in [0.1, 0.15) is 77.7 Å². The number of thiazole rings is 1. The Hall–Kier alpha value is -3.09. The van der Waals surface area contributed by atoms with E-state index in [4.69, 9.17) is 24.6 Å². The average Bonchev–Trinajstić information content (AvgIpc) is 3.66. The van der Waals surface area contributed by atoms with E-state index in [1.165, 1.54) is 0 Å². The van der Waals surface area contributed by atoms with E-state index in [-0.39, 0.29) is 31.9 Å². The first-order chi connectivity index (χ1) is 18.3. The third kappa shape index (κ3) is 4.86. The first-order valence-electron chi connectivity index (χ1n) is 13.1. The summed E-state index contributed by atoms with van der Waals surface area (Å²) in [7, 11) is 0. The maximum Gasteiger partial charge on any atom is 2.00 e. The van der Waals surface area contributed by atoms with Gasteiger partial charge in [0.1, 0.15) is 0 Å². The zero-order chi connectivity index (χ0) is 27.7. The Morgan fingerprint density at radius 2 is 1.30 bits per heavy atom. The first kappa shape index (κ1) is 28.4. The summed E-state index contributed by atoms with van der Waals surface area (Å²) in [6, 6.07) is 18.5. The van der Waals surface area contributed by atoms with Crippen molar-refractivity contribution in [2.45, 2.75) is 71.6 Å². The van der Waals surface area contributed by atoms with Crippen LogP contribution in [0.25, 0.3) is 32.7 Å². The van der Waals surface area contributed by atoms with Crippen LogP contribution in [0, 0.1) is 12.1 Å². The molecule has 40 heavy (non-hydrogen) atoms. The molecule has 6 aromatic rings. The van der Waals surface area contributed by atoms with Crippen molar-refractivity contribution < 1.29 is 25.5 Å². The van der Waals surface area contributed by atoms with Crippen LogP contribution in [-0.4, -0.2) is 29.5 Å². The molecule has 4 aromatic heterocycles. The maximum absolute atomic E-state index is 6.18. The zero-order valence-electron chi connectivity index (χ0n) is 23.9. The van der Waals surface area contributed by atoms with Crippen molar-refractivity contribution in [3.63, 3.8) is 0 Å². The fourth-order valence-corrected chi connectivity index (χ4v) is 5.55. The number of rotatable bonds is 4. The monoisotopic (exact) mass is 731 g/mol. The minimum atomic E-state index is -0.444. The van der Waals surface area contributed by atoms with Gasteiger partial charge >= 0.3 is 21.1 Å². The average molecular weight is 732 g/mol. The number of oxazole rings is 1. The predicted molar refractivity (Wildman–Crippen MR) is 155 cm³/mol. The van der Waals surface area contributed by atoms with E-state index in [0.29, 0.717) is 11.5 Å². The van der Waals surface area contributed by atoms with E-state index >= 15 is 0 Å². The van der Waals surface area contributed by atoms with Crippen LogP contribution < -0.4 is 0 Å². The van der Waals surface area contributed by atoms with Crippen LogP contribution in [-0.2, 0) is 37.3 Å². The third-order valence-corrected chi connectivity index (χ3v) is 8.36. The molecule has 0 saturated heterocycles. The second-order valence-electron chi connectivity index (χ2n) is 12.5. The molecule has 0 radical (unpaired) electrons. The molecule has 0 fully saturated rings. The summed E-state index contributed by atoms with van der Waals surface area (Å²) < 4.78 is 11.0. The Morgan fingerprint density at radius 1 is 0.725 bits per heavy atom. The molecule has 7 nitrogen and oxygen atoms in total. The number of benzene rings is 2. The fraction of sp³-hybridized carbons (Fsp3) is 0.355. The van der Waals surface area contributed by atoms with Crippen LogP contribution in [0.4, 0.5) is 0 Å². The Balaban J connectivity index is 0.00000323. The van der Waals surface area contributed by atoms with E-state index < -0.39 is 5.41 Å². The normalized spacial score (nSPS) is 12.8. The van der Waals surface area contributed by atoms with Crippen molar-refractivity contribution in [2.24, 2.45) is 0 Å². The number of aromatic nitrogens is 6. The molecule has 6 rings (SSSR count). The van der Waals surface area contributed by atoms with Gasteiger partial charge in [-0.05, 0) is 47.6 Å². The summed E-state index contributed by atoms with van der Waals surface area (Å²) in [4.78, 5) is 9.56. The van der Waals surface area contributed by atoms with Crippen molar-refractivity contribution >= 4 is 32.7 Å². The molecule has 0 atom stereocenters. The Morgan fingerprint density at radius 3 is 1.90 bits per heavy atom. The van der Waals surface area contributed by atoms with E-state index in [2.05, 4.69) is 73.6 Å². The van der Waals surface area contributed by atoms with Gasteiger partial charge in [0.05, 0.1) is 27.4 Å². The maximum atomic E-state index is 6.18. The standard InChI is InChI=1S/C31H32N6OS.Pt/c1-29(2,3)27-32-19-11-9-13-21(25(19)38-27)36-17-15-23(34-36)31(7,8)24-16-18-37(35-24)22-14-10-12-20-26(22)39-28(33-20)30(4,5)6;/h9-12,15-18H,1-8H3;/q-2;+2. The predicted octanol–water partition coefficient (Wildman–Crippen LogP) is 7.33. The van der Waals surface area contributed by atoms with Gasteiger partial charge in [-0.15, -0.1) is 12.1 Å². The van der Waals surface area contributed by atoms with Crippen molar-refractivity contribution in [1.29, 1.82) is 0 Å². The van der Waals surface area contributed by atoms with Gasteiger partial charge in [0.15, 0.2) is 5.89 Å². The summed E-state index contributed by atoms with van der Waals surface area (Å²) in [5.41, 5.74) is 5.26.